The van der Waals surface area contributed by atoms with E-state index in [-0.39, 0.29) is 17.9 Å². The molecule has 1 unspecified atom stereocenters. The van der Waals surface area contributed by atoms with Gasteiger partial charge in [-0.1, -0.05) is 34.1 Å². The first-order valence-electron chi connectivity index (χ1n) is 6.44. The molecule has 1 atom stereocenters. The summed E-state index contributed by atoms with van der Waals surface area (Å²) in [5.74, 6) is 0.343. The Hall–Kier alpha value is -0.870. The minimum Gasteiger partial charge on any atom is -0.349 e. The first-order chi connectivity index (χ1) is 8.68. The second-order valence-electron chi connectivity index (χ2n) is 4.78. The van der Waals surface area contributed by atoms with Gasteiger partial charge in [0.2, 0.25) is 5.91 Å². The number of hydrogen-bond donors (Lipinski definition) is 2. The van der Waals surface area contributed by atoms with Crippen LogP contribution in [-0.4, -0.2) is 19.0 Å². The normalized spacial score (nSPS) is 18.3. The number of hydrogen-bond acceptors (Lipinski definition) is 2. The molecule has 1 amide bonds. The van der Waals surface area contributed by atoms with Gasteiger partial charge in [-0.05, 0) is 44.5 Å². The van der Waals surface area contributed by atoms with Crippen LogP contribution < -0.4 is 10.6 Å². The largest absolute Gasteiger partial charge is 0.349 e. The second kappa shape index (κ2) is 6.34. The highest BCUT2D eigenvalue weighted by Gasteiger charge is 2.22. The van der Waals surface area contributed by atoms with Crippen LogP contribution in [0, 0.1) is 5.92 Å². The highest BCUT2D eigenvalue weighted by Crippen LogP contribution is 2.23. The SMILES string of the molecule is CC(NC(=O)C1CCNCC1)c1ccccc1Br. The van der Waals surface area contributed by atoms with Crippen molar-refractivity contribution in [2.45, 2.75) is 25.8 Å². The molecule has 0 aromatic heterocycles. The van der Waals surface area contributed by atoms with Gasteiger partial charge in [0.25, 0.3) is 0 Å². The number of benzene rings is 1. The lowest BCUT2D eigenvalue weighted by Crippen LogP contribution is -2.39. The van der Waals surface area contributed by atoms with Gasteiger partial charge in [0.15, 0.2) is 0 Å². The molecule has 1 aromatic carbocycles. The van der Waals surface area contributed by atoms with Gasteiger partial charge in [-0.15, -0.1) is 0 Å². The molecular formula is C14H19BrN2O. The molecule has 98 valence electrons. The third-order valence-corrected chi connectivity index (χ3v) is 4.16. The maximum absolute atomic E-state index is 12.1. The quantitative estimate of drug-likeness (QED) is 0.901. The van der Waals surface area contributed by atoms with Gasteiger partial charge in [0.05, 0.1) is 6.04 Å². The van der Waals surface area contributed by atoms with Crippen molar-refractivity contribution < 1.29 is 4.79 Å². The highest BCUT2D eigenvalue weighted by atomic mass is 79.9. The molecule has 1 saturated heterocycles. The molecule has 0 spiro atoms. The molecule has 0 saturated carbocycles. The zero-order valence-electron chi connectivity index (χ0n) is 10.6. The first-order valence-corrected chi connectivity index (χ1v) is 7.23. The smallest absolute Gasteiger partial charge is 0.223 e. The van der Waals surface area contributed by atoms with Crippen molar-refractivity contribution in [2.75, 3.05) is 13.1 Å². The maximum Gasteiger partial charge on any atom is 0.223 e. The predicted molar refractivity (Wildman–Crippen MR) is 76.3 cm³/mol. The summed E-state index contributed by atoms with van der Waals surface area (Å²) in [6, 6.07) is 8.06. The standard InChI is InChI=1S/C14H19BrN2O/c1-10(12-4-2-3-5-13(12)15)17-14(18)11-6-8-16-9-7-11/h2-5,10-11,16H,6-9H2,1H3,(H,17,18). The van der Waals surface area contributed by atoms with Crippen molar-refractivity contribution in [1.82, 2.24) is 10.6 Å². The molecule has 1 aliphatic heterocycles. The fraction of sp³-hybridized carbons (Fsp3) is 0.500. The van der Waals surface area contributed by atoms with Crippen molar-refractivity contribution in [2.24, 2.45) is 5.92 Å². The van der Waals surface area contributed by atoms with E-state index in [0.717, 1.165) is 36.0 Å². The molecule has 2 rings (SSSR count). The molecule has 1 fully saturated rings. The molecule has 1 aliphatic rings. The van der Waals surface area contributed by atoms with Crippen LogP contribution in [0.3, 0.4) is 0 Å². The summed E-state index contributed by atoms with van der Waals surface area (Å²) in [4.78, 5) is 12.1. The summed E-state index contributed by atoms with van der Waals surface area (Å²) in [5, 5.41) is 6.39. The molecule has 2 N–H and O–H groups in total. The predicted octanol–water partition coefficient (Wildman–Crippen LogP) is 2.63. The summed E-state index contributed by atoms with van der Waals surface area (Å²) in [6.45, 7) is 3.92. The number of halogens is 1. The average molecular weight is 311 g/mol. The van der Waals surface area contributed by atoms with Crippen LogP contribution in [-0.2, 0) is 4.79 Å². The van der Waals surface area contributed by atoms with Crippen molar-refractivity contribution in [3.05, 3.63) is 34.3 Å². The van der Waals surface area contributed by atoms with E-state index in [1.54, 1.807) is 0 Å². The molecule has 0 radical (unpaired) electrons. The van der Waals surface area contributed by atoms with Crippen molar-refractivity contribution in [3.8, 4) is 0 Å². The Kier molecular flexibility index (Phi) is 4.78. The zero-order chi connectivity index (χ0) is 13.0. The zero-order valence-corrected chi connectivity index (χ0v) is 12.2. The summed E-state index contributed by atoms with van der Waals surface area (Å²) < 4.78 is 1.04. The molecule has 1 heterocycles. The molecule has 1 aromatic rings. The van der Waals surface area contributed by atoms with Gasteiger partial charge >= 0.3 is 0 Å². The van der Waals surface area contributed by atoms with Crippen LogP contribution in [0.15, 0.2) is 28.7 Å². The third kappa shape index (κ3) is 3.33. The minimum absolute atomic E-state index is 0.0444. The Labute approximate surface area is 116 Å². The van der Waals surface area contributed by atoms with Gasteiger partial charge in [-0.2, -0.15) is 0 Å². The number of rotatable bonds is 3. The molecule has 0 aliphatic carbocycles. The number of carbonyl (C=O) groups is 1. The van der Waals surface area contributed by atoms with Crippen LogP contribution >= 0.6 is 15.9 Å². The van der Waals surface area contributed by atoms with E-state index in [2.05, 4.69) is 26.6 Å². The molecule has 3 nitrogen and oxygen atoms in total. The summed E-state index contributed by atoms with van der Waals surface area (Å²) in [7, 11) is 0. The van der Waals surface area contributed by atoms with E-state index in [9.17, 15) is 4.79 Å². The molecular weight excluding hydrogens is 292 g/mol. The molecule has 4 heteroatoms. The Morgan fingerprint density at radius 3 is 2.72 bits per heavy atom. The first kappa shape index (κ1) is 13.6. The number of carbonyl (C=O) groups excluding carboxylic acids is 1. The minimum atomic E-state index is 0.0444. The van der Waals surface area contributed by atoms with E-state index in [4.69, 9.17) is 0 Å². The van der Waals surface area contributed by atoms with Crippen LogP contribution in [0.4, 0.5) is 0 Å². The molecule has 0 bridgehead atoms. The summed E-state index contributed by atoms with van der Waals surface area (Å²) in [6.07, 6.45) is 1.88. The summed E-state index contributed by atoms with van der Waals surface area (Å²) in [5.41, 5.74) is 1.12. The van der Waals surface area contributed by atoms with E-state index in [0.29, 0.717) is 0 Å². The van der Waals surface area contributed by atoms with Crippen LogP contribution in [0.5, 0.6) is 0 Å². The van der Waals surface area contributed by atoms with Crippen molar-refractivity contribution in [3.63, 3.8) is 0 Å². The Morgan fingerprint density at radius 1 is 1.39 bits per heavy atom. The maximum atomic E-state index is 12.1. The average Bonchev–Trinajstić information content (AvgIpc) is 2.40. The highest BCUT2D eigenvalue weighted by molar-refractivity contribution is 9.10. The van der Waals surface area contributed by atoms with E-state index in [1.165, 1.54) is 0 Å². The van der Waals surface area contributed by atoms with Crippen LogP contribution in [0.1, 0.15) is 31.4 Å². The van der Waals surface area contributed by atoms with Gasteiger partial charge in [-0.3, -0.25) is 4.79 Å². The number of nitrogens with one attached hydrogen (secondary N) is 2. The Bertz CT molecular complexity index is 416. The monoisotopic (exact) mass is 310 g/mol. The van der Waals surface area contributed by atoms with Crippen LogP contribution in [0.2, 0.25) is 0 Å². The van der Waals surface area contributed by atoms with E-state index in [1.807, 2.05) is 31.2 Å². The number of amides is 1. The van der Waals surface area contributed by atoms with E-state index < -0.39 is 0 Å². The Morgan fingerprint density at radius 2 is 2.06 bits per heavy atom. The lowest BCUT2D eigenvalue weighted by Gasteiger charge is -2.24. The van der Waals surface area contributed by atoms with Crippen molar-refractivity contribution >= 4 is 21.8 Å². The van der Waals surface area contributed by atoms with Gasteiger partial charge in [0, 0.05) is 10.4 Å². The second-order valence-corrected chi connectivity index (χ2v) is 5.63. The molecule has 18 heavy (non-hydrogen) atoms. The van der Waals surface area contributed by atoms with Gasteiger partial charge in [-0.25, -0.2) is 0 Å². The lowest BCUT2D eigenvalue weighted by molar-refractivity contribution is -0.126. The van der Waals surface area contributed by atoms with Crippen molar-refractivity contribution in [1.29, 1.82) is 0 Å². The lowest BCUT2D eigenvalue weighted by atomic mass is 9.96. The fourth-order valence-electron chi connectivity index (χ4n) is 2.32. The Balaban J connectivity index is 1.96. The fourth-order valence-corrected chi connectivity index (χ4v) is 2.95. The van der Waals surface area contributed by atoms with E-state index >= 15 is 0 Å². The van der Waals surface area contributed by atoms with Gasteiger partial charge in [0.1, 0.15) is 0 Å². The third-order valence-electron chi connectivity index (χ3n) is 3.44. The summed E-state index contributed by atoms with van der Waals surface area (Å²) >= 11 is 3.52. The number of piperidine rings is 1. The van der Waals surface area contributed by atoms with Gasteiger partial charge < -0.3 is 10.6 Å². The van der Waals surface area contributed by atoms with Crippen LogP contribution in [0.25, 0.3) is 0 Å². The topological polar surface area (TPSA) is 41.1 Å².